The zero-order chi connectivity index (χ0) is 34.6. The average Bonchev–Trinajstić information content (AvgIpc) is 3.06. The molecule has 0 radical (unpaired) electrons. The third kappa shape index (κ3) is 7.98. The minimum Gasteiger partial charge on any atom is -0.462 e. The van der Waals surface area contributed by atoms with Crippen LogP contribution < -0.4 is 16.2 Å². The number of aryl methyl sites for hydroxylation is 1. The number of hydrogen-bond donors (Lipinski definition) is 2. The first kappa shape index (κ1) is 36.5. The van der Waals surface area contributed by atoms with Gasteiger partial charge >= 0.3 is 0 Å². The van der Waals surface area contributed by atoms with Crippen molar-refractivity contribution in [2.24, 2.45) is 23.3 Å². The zero-order valence-electron chi connectivity index (χ0n) is 30.7. The molecule has 2 aromatic carbocycles. The Morgan fingerprint density at radius 2 is 1.20 bits per heavy atom. The standard InChI is InChI=1S/C44H64F2N2O/c1-30(49-34-28-38-36(40(46)29-34)27-33-21-15-11-17-23-44(38,3)42(33)48)18-12-8-6-4-5-7-9-13-19-31-24-37-35(39(45)25-31)26-32-20-14-10-16-22-43(37,2)41(32)47/h24-25,28-29,32-33,41-42H,1,4-23,26-27,47-48H2,2-3H3. The van der Waals surface area contributed by atoms with Crippen LogP contribution in [-0.2, 0) is 30.1 Å². The van der Waals surface area contributed by atoms with Gasteiger partial charge in [0.25, 0.3) is 0 Å². The molecule has 0 saturated heterocycles. The van der Waals surface area contributed by atoms with E-state index in [1.807, 2.05) is 6.07 Å². The minimum absolute atomic E-state index is 0.00561. The lowest BCUT2D eigenvalue weighted by atomic mass is 9.59. The second-order valence-corrected chi connectivity index (χ2v) is 17.0. The van der Waals surface area contributed by atoms with Crippen LogP contribution in [0.4, 0.5) is 8.78 Å². The summed E-state index contributed by atoms with van der Waals surface area (Å²) in [6, 6.07) is 7.96. The summed E-state index contributed by atoms with van der Waals surface area (Å²) < 4.78 is 36.9. The van der Waals surface area contributed by atoms with Gasteiger partial charge in [0, 0.05) is 35.4 Å². The summed E-state index contributed by atoms with van der Waals surface area (Å²) in [5.41, 5.74) is 18.6. The number of fused-ring (bicyclic) bond motifs is 8. The Bertz CT molecular complexity index is 1450. The van der Waals surface area contributed by atoms with Gasteiger partial charge in [0.05, 0.1) is 5.76 Å². The van der Waals surface area contributed by atoms with Crippen molar-refractivity contribution in [1.29, 1.82) is 0 Å². The molecule has 49 heavy (non-hydrogen) atoms. The topological polar surface area (TPSA) is 61.3 Å². The first-order chi connectivity index (χ1) is 23.6. The maximum Gasteiger partial charge on any atom is 0.130 e. The quantitative estimate of drug-likeness (QED) is 0.164. The average molecular weight is 675 g/mol. The van der Waals surface area contributed by atoms with Gasteiger partial charge in [-0.2, -0.15) is 0 Å². The lowest BCUT2D eigenvalue weighted by Crippen LogP contribution is -2.53. The number of rotatable bonds is 13. The number of allylic oxidation sites excluding steroid dienone is 1. The maximum absolute atomic E-state index is 15.4. The first-order valence-corrected chi connectivity index (χ1v) is 20.1. The highest BCUT2D eigenvalue weighted by Gasteiger charge is 2.46. The highest BCUT2D eigenvalue weighted by Crippen LogP contribution is 2.48. The van der Waals surface area contributed by atoms with Gasteiger partial charge in [0.15, 0.2) is 0 Å². The van der Waals surface area contributed by atoms with Crippen molar-refractivity contribution in [1.82, 2.24) is 0 Å². The molecule has 0 aliphatic heterocycles. The van der Waals surface area contributed by atoms with E-state index in [1.54, 1.807) is 6.07 Å². The summed E-state index contributed by atoms with van der Waals surface area (Å²) in [6.07, 6.45) is 24.2. The molecule has 2 fully saturated rings. The third-order valence-corrected chi connectivity index (χ3v) is 13.5. The van der Waals surface area contributed by atoms with Crippen molar-refractivity contribution in [2.45, 2.75) is 178 Å². The Balaban J connectivity index is 0.889. The van der Waals surface area contributed by atoms with E-state index < -0.39 is 0 Å². The van der Waals surface area contributed by atoms with Gasteiger partial charge in [-0.25, -0.2) is 8.78 Å². The number of benzene rings is 2. The van der Waals surface area contributed by atoms with Crippen LogP contribution in [0.3, 0.4) is 0 Å². The summed E-state index contributed by atoms with van der Waals surface area (Å²) in [7, 11) is 0. The van der Waals surface area contributed by atoms with E-state index in [4.69, 9.17) is 16.2 Å². The van der Waals surface area contributed by atoms with Crippen molar-refractivity contribution >= 4 is 0 Å². The molecule has 5 heteroatoms. The Morgan fingerprint density at radius 3 is 1.80 bits per heavy atom. The van der Waals surface area contributed by atoms with Gasteiger partial charge in [-0.05, 0) is 110 Å². The molecule has 6 unspecified atom stereocenters. The Morgan fingerprint density at radius 1 is 0.694 bits per heavy atom. The van der Waals surface area contributed by atoms with Gasteiger partial charge in [-0.1, -0.05) is 104 Å². The van der Waals surface area contributed by atoms with E-state index in [-0.39, 0.29) is 34.5 Å². The molecule has 4 N–H and O–H groups in total. The molecule has 0 heterocycles. The van der Waals surface area contributed by atoms with Gasteiger partial charge < -0.3 is 16.2 Å². The summed E-state index contributed by atoms with van der Waals surface area (Å²) in [5, 5.41) is 0. The molecule has 270 valence electrons. The van der Waals surface area contributed by atoms with Gasteiger partial charge in [0.1, 0.15) is 17.4 Å². The SMILES string of the molecule is C=C(CCCCCCCCCCc1cc(F)c2c(c1)C1(C)CCCCCC(C2)C1N)Oc1cc(F)c2c(c1)C1(C)CCCCCC(C2)C1N. The van der Waals surface area contributed by atoms with E-state index in [0.717, 1.165) is 99.3 Å². The fourth-order valence-electron chi connectivity index (χ4n) is 10.4. The largest absolute Gasteiger partial charge is 0.462 e. The van der Waals surface area contributed by atoms with Crippen molar-refractivity contribution in [3.8, 4) is 5.75 Å². The van der Waals surface area contributed by atoms with Crippen molar-refractivity contribution in [2.75, 3.05) is 0 Å². The lowest BCUT2D eigenvalue weighted by Gasteiger charge is -2.47. The molecule has 4 aliphatic carbocycles. The van der Waals surface area contributed by atoms with E-state index >= 15 is 8.78 Å². The van der Waals surface area contributed by atoms with E-state index in [1.165, 1.54) is 69.8 Å². The first-order valence-electron chi connectivity index (χ1n) is 20.1. The molecule has 3 nitrogen and oxygen atoms in total. The van der Waals surface area contributed by atoms with Crippen LogP contribution in [0.2, 0.25) is 0 Å². The molecule has 0 amide bonds. The van der Waals surface area contributed by atoms with E-state index in [2.05, 4.69) is 32.6 Å². The highest BCUT2D eigenvalue weighted by molar-refractivity contribution is 5.46. The molecular weight excluding hydrogens is 610 g/mol. The van der Waals surface area contributed by atoms with Crippen LogP contribution in [0.1, 0.15) is 164 Å². The molecule has 6 rings (SSSR count). The van der Waals surface area contributed by atoms with Gasteiger partial charge in [-0.15, -0.1) is 0 Å². The summed E-state index contributed by atoms with van der Waals surface area (Å²) in [6.45, 7) is 8.71. The van der Waals surface area contributed by atoms with Crippen LogP contribution in [0.5, 0.6) is 5.75 Å². The number of halogens is 2. The molecule has 2 saturated carbocycles. The smallest absolute Gasteiger partial charge is 0.130 e. The van der Waals surface area contributed by atoms with E-state index in [0.29, 0.717) is 23.3 Å². The number of hydrogen-bond acceptors (Lipinski definition) is 3. The van der Waals surface area contributed by atoms with Crippen LogP contribution in [0.25, 0.3) is 0 Å². The monoisotopic (exact) mass is 674 g/mol. The van der Waals surface area contributed by atoms with Crippen molar-refractivity contribution in [3.05, 3.63) is 76.1 Å². The molecule has 2 aromatic rings. The predicted octanol–water partition coefficient (Wildman–Crippen LogP) is 11.1. The van der Waals surface area contributed by atoms with E-state index in [9.17, 15) is 0 Å². The number of nitrogens with two attached hydrogens (primary N) is 2. The molecule has 0 aromatic heterocycles. The predicted molar refractivity (Wildman–Crippen MR) is 199 cm³/mol. The fourth-order valence-corrected chi connectivity index (χ4v) is 10.4. The van der Waals surface area contributed by atoms with Crippen LogP contribution >= 0.6 is 0 Å². The summed E-state index contributed by atoms with van der Waals surface area (Å²) in [4.78, 5) is 0. The fraction of sp³-hybridized carbons (Fsp3) is 0.682. The zero-order valence-corrected chi connectivity index (χ0v) is 30.7. The maximum atomic E-state index is 15.4. The lowest BCUT2D eigenvalue weighted by molar-refractivity contribution is 0.198. The number of ether oxygens (including phenoxy) is 1. The normalized spacial score (nSPS) is 29.5. The molecule has 6 atom stereocenters. The molecule has 4 bridgehead atoms. The molecule has 4 aliphatic rings. The van der Waals surface area contributed by atoms with Gasteiger partial charge in [0.2, 0.25) is 0 Å². The number of unbranched alkanes of at least 4 members (excludes halogenated alkanes) is 7. The van der Waals surface area contributed by atoms with Crippen LogP contribution in [0, 0.1) is 23.5 Å². The Hall–Kier alpha value is -2.24. The summed E-state index contributed by atoms with van der Waals surface area (Å²) >= 11 is 0. The molecular formula is C44H64F2N2O. The van der Waals surface area contributed by atoms with Crippen LogP contribution in [0.15, 0.2) is 36.6 Å². The second kappa shape index (κ2) is 16.0. The van der Waals surface area contributed by atoms with Crippen molar-refractivity contribution < 1.29 is 13.5 Å². The summed E-state index contributed by atoms with van der Waals surface area (Å²) in [5.74, 6) is 1.91. The van der Waals surface area contributed by atoms with Crippen LogP contribution in [-0.4, -0.2) is 12.1 Å². The minimum atomic E-state index is -0.204. The Labute approximate surface area is 296 Å². The van der Waals surface area contributed by atoms with Gasteiger partial charge in [-0.3, -0.25) is 0 Å². The highest BCUT2D eigenvalue weighted by atomic mass is 19.1. The molecule has 0 spiro atoms. The third-order valence-electron chi connectivity index (χ3n) is 13.5. The van der Waals surface area contributed by atoms with Crippen molar-refractivity contribution in [3.63, 3.8) is 0 Å². The Kier molecular flexibility index (Phi) is 11.9. The second-order valence-electron chi connectivity index (χ2n) is 17.0.